The van der Waals surface area contributed by atoms with Gasteiger partial charge in [0.25, 0.3) is 0 Å². The first-order valence-corrected chi connectivity index (χ1v) is 6.38. The van der Waals surface area contributed by atoms with Crippen LogP contribution >= 0.6 is 49.9 Å². The summed E-state index contributed by atoms with van der Waals surface area (Å²) in [4.78, 5) is 11.1. The summed E-state index contributed by atoms with van der Waals surface area (Å²) in [6.07, 6.45) is 0. The number of carboxylic acid groups (broad SMARTS) is 1. The lowest BCUT2D eigenvalue weighted by molar-refractivity contribution is 0.0702. The van der Waals surface area contributed by atoms with Crippen molar-refractivity contribution in [1.82, 2.24) is 0 Å². The number of thiophene rings is 1. The predicted octanol–water partition coefficient (Wildman–Crippen LogP) is 3.97. The number of aromatic carboxylic acids is 1. The molecule has 0 radical (unpaired) electrons. The van der Waals surface area contributed by atoms with E-state index in [-0.39, 0.29) is 0 Å². The van der Waals surface area contributed by atoms with E-state index in [2.05, 4.69) is 38.5 Å². The van der Waals surface area contributed by atoms with Crippen molar-refractivity contribution < 1.29 is 9.90 Å². The molecule has 0 fully saturated rings. The van der Waals surface area contributed by atoms with E-state index in [0.717, 1.165) is 18.1 Å². The second-order valence-corrected chi connectivity index (χ2v) is 5.82. The van der Waals surface area contributed by atoms with Gasteiger partial charge in [-0.3, -0.25) is 0 Å². The number of fused-ring (bicyclic) bond motifs is 1. The highest BCUT2D eigenvalue weighted by molar-refractivity contribution is 14.1. The van der Waals surface area contributed by atoms with Gasteiger partial charge in [-0.1, -0.05) is 0 Å². The van der Waals surface area contributed by atoms with E-state index in [0.29, 0.717) is 4.88 Å². The highest BCUT2D eigenvalue weighted by Gasteiger charge is 2.09. The van der Waals surface area contributed by atoms with Crippen molar-refractivity contribution in [2.75, 3.05) is 0 Å². The Morgan fingerprint density at radius 2 is 2.14 bits per heavy atom. The minimum Gasteiger partial charge on any atom is -0.477 e. The van der Waals surface area contributed by atoms with Crippen molar-refractivity contribution in [1.29, 1.82) is 0 Å². The van der Waals surface area contributed by atoms with Gasteiger partial charge < -0.3 is 5.11 Å². The molecule has 1 aromatic carbocycles. The largest absolute Gasteiger partial charge is 0.477 e. The van der Waals surface area contributed by atoms with Gasteiger partial charge in [0.1, 0.15) is 4.88 Å². The molecular formula is C9H4BrIO2S. The van der Waals surface area contributed by atoms with Gasteiger partial charge in [0, 0.05) is 12.7 Å². The smallest absolute Gasteiger partial charge is 0.345 e. The van der Waals surface area contributed by atoms with Gasteiger partial charge in [-0.25, -0.2) is 4.79 Å². The lowest BCUT2D eigenvalue weighted by Crippen LogP contribution is -1.89. The third-order valence-electron chi connectivity index (χ3n) is 1.77. The number of halogens is 2. The summed E-state index contributed by atoms with van der Waals surface area (Å²) in [6.45, 7) is 0. The Hall–Kier alpha value is -0.140. The maximum Gasteiger partial charge on any atom is 0.345 e. The van der Waals surface area contributed by atoms with Crippen LogP contribution < -0.4 is 0 Å². The Kier molecular flexibility index (Phi) is 2.81. The molecule has 0 saturated heterocycles. The molecule has 2 rings (SSSR count). The molecule has 14 heavy (non-hydrogen) atoms. The molecule has 2 nitrogen and oxygen atoms in total. The lowest BCUT2D eigenvalue weighted by Gasteiger charge is -1.94. The Labute approximate surface area is 106 Å². The van der Waals surface area contributed by atoms with Crippen molar-refractivity contribution in [3.63, 3.8) is 0 Å². The third kappa shape index (κ3) is 1.80. The molecule has 0 bridgehead atoms. The molecule has 0 aliphatic heterocycles. The highest BCUT2D eigenvalue weighted by atomic mass is 127. The first-order valence-electron chi connectivity index (χ1n) is 3.70. The summed E-state index contributed by atoms with van der Waals surface area (Å²) < 4.78 is 3.09. The van der Waals surface area contributed by atoms with E-state index in [1.165, 1.54) is 11.3 Å². The fraction of sp³-hybridized carbons (Fsp3) is 0. The van der Waals surface area contributed by atoms with Crippen molar-refractivity contribution >= 4 is 65.9 Å². The number of rotatable bonds is 1. The minimum atomic E-state index is -0.864. The Balaban J connectivity index is 2.72. The number of hydrogen-bond donors (Lipinski definition) is 1. The van der Waals surface area contributed by atoms with Crippen LogP contribution in [0, 0.1) is 3.57 Å². The molecule has 0 aliphatic carbocycles. The van der Waals surface area contributed by atoms with Crippen LogP contribution in [0.25, 0.3) is 10.1 Å². The maximum absolute atomic E-state index is 10.7. The zero-order valence-corrected chi connectivity index (χ0v) is 11.3. The van der Waals surface area contributed by atoms with Crippen LogP contribution in [0.4, 0.5) is 0 Å². The van der Waals surface area contributed by atoms with Crippen LogP contribution in [0.1, 0.15) is 9.67 Å². The molecule has 5 heteroatoms. The zero-order chi connectivity index (χ0) is 10.3. The number of hydrogen-bond acceptors (Lipinski definition) is 2. The lowest BCUT2D eigenvalue weighted by atomic mass is 10.2. The molecular weight excluding hydrogens is 379 g/mol. The molecule has 0 atom stereocenters. The molecule has 1 heterocycles. The van der Waals surface area contributed by atoms with Crippen LogP contribution in [0.15, 0.2) is 22.7 Å². The van der Waals surface area contributed by atoms with Crippen LogP contribution in [0.2, 0.25) is 0 Å². The van der Waals surface area contributed by atoms with Gasteiger partial charge in [-0.2, -0.15) is 0 Å². The highest BCUT2D eigenvalue weighted by Crippen LogP contribution is 2.31. The predicted molar refractivity (Wildman–Crippen MR) is 69.2 cm³/mol. The quantitative estimate of drug-likeness (QED) is 0.758. The molecule has 2 aromatic rings. The van der Waals surface area contributed by atoms with E-state index in [1.54, 1.807) is 6.07 Å². The van der Waals surface area contributed by atoms with Gasteiger partial charge in [0.15, 0.2) is 0 Å². The van der Waals surface area contributed by atoms with Crippen LogP contribution in [-0.2, 0) is 0 Å². The van der Waals surface area contributed by atoms with E-state index < -0.39 is 5.97 Å². The molecule has 0 saturated carbocycles. The summed E-state index contributed by atoms with van der Waals surface area (Å²) in [6, 6.07) is 5.63. The normalized spacial score (nSPS) is 10.7. The second-order valence-electron chi connectivity index (χ2n) is 2.72. The van der Waals surface area contributed by atoms with Gasteiger partial charge in [-0.05, 0) is 62.1 Å². The van der Waals surface area contributed by atoms with Gasteiger partial charge in [0.05, 0.1) is 0 Å². The number of benzene rings is 1. The van der Waals surface area contributed by atoms with E-state index >= 15 is 0 Å². The summed E-state index contributed by atoms with van der Waals surface area (Å²) in [5, 5.41) is 9.81. The fourth-order valence-corrected chi connectivity index (χ4v) is 3.05. The van der Waals surface area contributed by atoms with Crippen molar-refractivity contribution in [2.24, 2.45) is 0 Å². The Morgan fingerprint density at radius 3 is 2.79 bits per heavy atom. The number of carbonyl (C=O) groups is 1. The second kappa shape index (κ2) is 3.79. The number of carboxylic acids is 1. The third-order valence-corrected chi connectivity index (χ3v) is 5.15. The summed E-state index contributed by atoms with van der Waals surface area (Å²) >= 11 is 6.92. The molecule has 0 amide bonds. The molecule has 1 N–H and O–H groups in total. The fourth-order valence-electron chi connectivity index (χ4n) is 1.14. The van der Waals surface area contributed by atoms with Gasteiger partial charge in [0.2, 0.25) is 0 Å². The molecule has 0 spiro atoms. The van der Waals surface area contributed by atoms with Gasteiger partial charge in [-0.15, -0.1) is 11.3 Å². The van der Waals surface area contributed by atoms with Crippen LogP contribution in [0.5, 0.6) is 0 Å². The monoisotopic (exact) mass is 382 g/mol. The minimum absolute atomic E-state index is 0.383. The Morgan fingerprint density at radius 1 is 1.43 bits per heavy atom. The SMILES string of the molecule is O=C(O)c1cc2cc(I)c(Br)cc2s1. The molecule has 1 aromatic heterocycles. The van der Waals surface area contributed by atoms with E-state index in [1.807, 2.05) is 12.1 Å². The van der Waals surface area contributed by atoms with Crippen LogP contribution in [0.3, 0.4) is 0 Å². The van der Waals surface area contributed by atoms with E-state index in [9.17, 15) is 4.79 Å². The average molecular weight is 383 g/mol. The Bertz CT molecular complexity index is 482. The topological polar surface area (TPSA) is 37.3 Å². The van der Waals surface area contributed by atoms with E-state index in [4.69, 9.17) is 5.11 Å². The summed E-state index contributed by atoms with van der Waals surface area (Å²) in [5.41, 5.74) is 0. The summed E-state index contributed by atoms with van der Waals surface area (Å²) in [5.74, 6) is -0.864. The zero-order valence-electron chi connectivity index (χ0n) is 6.75. The van der Waals surface area contributed by atoms with Crippen molar-refractivity contribution in [3.05, 3.63) is 31.1 Å². The molecule has 0 unspecified atom stereocenters. The molecule has 72 valence electrons. The first-order chi connectivity index (χ1) is 6.58. The molecule has 0 aliphatic rings. The van der Waals surface area contributed by atoms with Crippen molar-refractivity contribution in [3.8, 4) is 0 Å². The van der Waals surface area contributed by atoms with Gasteiger partial charge >= 0.3 is 5.97 Å². The standard InChI is InChI=1S/C9H4BrIO2S/c10-5-3-7-4(1-6(5)11)2-8(14-7)9(12)13/h1-3H,(H,12,13). The van der Waals surface area contributed by atoms with Crippen LogP contribution in [-0.4, -0.2) is 11.1 Å². The summed E-state index contributed by atoms with van der Waals surface area (Å²) in [7, 11) is 0. The first kappa shape index (κ1) is 10.4. The average Bonchev–Trinajstić information content (AvgIpc) is 2.48. The maximum atomic E-state index is 10.7. The van der Waals surface area contributed by atoms with Crippen molar-refractivity contribution in [2.45, 2.75) is 0 Å².